The Hall–Kier alpha value is -3.53. The van der Waals surface area contributed by atoms with Crippen LogP contribution in [0.15, 0.2) is 59.3 Å². The zero-order valence-corrected chi connectivity index (χ0v) is 17.9. The lowest BCUT2D eigenvalue weighted by Gasteiger charge is -2.21. The van der Waals surface area contributed by atoms with E-state index in [1.54, 1.807) is 6.20 Å². The van der Waals surface area contributed by atoms with Crippen LogP contribution in [0.4, 0.5) is 11.5 Å². The fraction of sp³-hybridized carbons (Fsp3) is 0.150. The molecule has 5 rings (SSSR count). The molecule has 10 heteroatoms. The summed E-state index contributed by atoms with van der Waals surface area (Å²) in [6, 6.07) is 16.2. The van der Waals surface area contributed by atoms with Gasteiger partial charge in [0.1, 0.15) is 5.82 Å². The maximum absolute atomic E-state index is 4.63. The lowest BCUT2D eigenvalue weighted by atomic mass is 10.2. The number of anilines is 2. The van der Waals surface area contributed by atoms with E-state index in [9.17, 15) is 0 Å². The Balaban J connectivity index is 1.53. The average Bonchev–Trinajstić information content (AvgIpc) is 3.53. The van der Waals surface area contributed by atoms with Gasteiger partial charge in [-0.1, -0.05) is 6.92 Å². The largest absolute Gasteiger partial charge is 0.329 e. The number of halogens is 1. The SMILES string of the molecule is CCc1cc(N(C)c2ccc(-n3c(Br)ccc3-c3nnn[nH]3)cc2)n2nccc2n1. The topological polar surface area (TPSA) is 92.8 Å². The highest BCUT2D eigenvalue weighted by Gasteiger charge is 2.15. The van der Waals surface area contributed by atoms with Crippen molar-refractivity contribution >= 4 is 33.1 Å². The van der Waals surface area contributed by atoms with Crippen molar-refractivity contribution < 1.29 is 0 Å². The van der Waals surface area contributed by atoms with Gasteiger partial charge in [-0.2, -0.15) is 9.61 Å². The number of hydrogen-bond donors (Lipinski definition) is 1. The van der Waals surface area contributed by atoms with E-state index in [1.165, 1.54) is 0 Å². The maximum Gasteiger partial charge on any atom is 0.196 e. The molecule has 0 radical (unpaired) electrons. The van der Waals surface area contributed by atoms with E-state index >= 15 is 0 Å². The Morgan fingerprint density at radius 3 is 2.67 bits per heavy atom. The molecule has 9 nitrogen and oxygen atoms in total. The smallest absolute Gasteiger partial charge is 0.196 e. The first-order valence-corrected chi connectivity index (χ1v) is 10.2. The lowest BCUT2D eigenvalue weighted by Crippen LogP contribution is -2.15. The molecule has 4 aromatic heterocycles. The van der Waals surface area contributed by atoms with Gasteiger partial charge in [-0.3, -0.25) is 0 Å². The molecule has 0 unspecified atom stereocenters. The van der Waals surface area contributed by atoms with Crippen LogP contribution in [-0.2, 0) is 6.42 Å². The minimum atomic E-state index is 0.604. The van der Waals surface area contributed by atoms with Crippen molar-refractivity contribution in [3.63, 3.8) is 0 Å². The summed E-state index contributed by atoms with van der Waals surface area (Å²) in [5.41, 5.74) is 4.77. The summed E-state index contributed by atoms with van der Waals surface area (Å²) in [6.45, 7) is 2.10. The first-order chi connectivity index (χ1) is 14.7. The van der Waals surface area contributed by atoms with Crippen molar-refractivity contribution in [1.82, 2.24) is 39.8 Å². The number of aromatic amines is 1. The van der Waals surface area contributed by atoms with Gasteiger partial charge in [0.2, 0.25) is 0 Å². The summed E-state index contributed by atoms with van der Waals surface area (Å²) in [7, 11) is 2.03. The summed E-state index contributed by atoms with van der Waals surface area (Å²) >= 11 is 3.61. The third-order valence-electron chi connectivity index (χ3n) is 5.02. The van der Waals surface area contributed by atoms with Gasteiger partial charge in [-0.25, -0.2) is 10.1 Å². The molecule has 150 valence electrons. The third-order valence-corrected chi connectivity index (χ3v) is 5.63. The summed E-state index contributed by atoms with van der Waals surface area (Å²) in [6.07, 6.45) is 2.63. The Morgan fingerprint density at radius 1 is 1.10 bits per heavy atom. The number of nitrogens with one attached hydrogen (secondary N) is 1. The molecule has 1 aromatic carbocycles. The minimum Gasteiger partial charge on any atom is -0.329 e. The predicted octanol–water partition coefficient (Wildman–Crippen LogP) is 3.79. The third kappa shape index (κ3) is 3.05. The molecule has 0 saturated heterocycles. The van der Waals surface area contributed by atoms with E-state index in [0.717, 1.165) is 45.3 Å². The molecule has 0 aliphatic carbocycles. The van der Waals surface area contributed by atoms with E-state index < -0.39 is 0 Å². The molecule has 5 aromatic rings. The van der Waals surface area contributed by atoms with Crippen LogP contribution < -0.4 is 4.90 Å². The van der Waals surface area contributed by atoms with Crippen LogP contribution in [0.1, 0.15) is 12.6 Å². The van der Waals surface area contributed by atoms with E-state index in [2.05, 4.69) is 88.8 Å². The number of tetrazole rings is 1. The van der Waals surface area contributed by atoms with Crippen molar-refractivity contribution in [3.8, 4) is 17.2 Å². The monoisotopic (exact) mass is 463 g/mol. The summed E-state index contributed by atoms with van der Waals surface area (Å²) < 4.78 is 4.80. The highest BCUT2D eigenvalue weighted by atomic mass is 79.9. The maximum atomic E-state index is 4.63. The second-order valence-corrected chi connectivity index (χ2v) is 7.57. The van der Waals surface area contributed by atoms with Gasteiger partial charge in [0.05, 0.1) is 16.5 Å². The van der Waals surface area contributed by atoms with Crippen molar-refractivity contribution in [2.75, 3.05) is 11.9 Å². The number of nitrogens with zero attached hydrogens (tertiary/aromatic N) is 8. The standard InChI is InChI=1S/C20H18BrN9/c1-3-13-12-19(30-18(23-13)10-11-22-30)28(2)14-4-6-15(7-5-14)29-16(8-9-17(29)21)20-24-26-27-25-20/h4-12H,3H2,1-2H3,(H,24,25,26,27). The second kappa shape index (κ2) is 7.38. The quantitative estimate of drug-likeness (QED) is 0.426. The summed E-state index contributed by atoms with van der Waals surface area (Å²) in [4.78, 5) is 6.74. The Labute approximate surface area is 180 Å². The fourth-order valence-corrected chi connectivity index (χ4v) is 3.98. The summed E-state index contributed by atoms with van der Waals surface area (Å²) in [5.74, 6) is 1.57. The van der Waals surface area contributed by atoms with Crippen LogP contribution in [0.5, 0.6) is 0 Å². The molecular weight excluding hydrogens is 446 g/mol. The van der Waals surface area contributed by atoms with Gasteiger partial charge in [0.25, 0.3) is 0 Å². The summed E-state index contributed by atoms with van der Waals surface area (Å²) in [5, 5.41) is 18.6. The number of fused-ring (bicyclic) bond motifs is 1. The van der Waals surface area contributed by atoms with Crippen molar-refractivity contribution in [2.45, 2.75) is 13.3 Å². The van der Waals surface area contributed by atoms with Gasteiger partial charge in [-0.05, 0) is 69.2 Å². The molecule has 0 amide bonds. The number of H-pyrrole nitrogens is 1. The fourth-order valence-electron chi connectivity index (χ4n) is 3.45. The van der Waals surface area contributed by atoms with E-state index in [4.69, 9.17) is 0 Å². The normalized spacial score (nSPS) is 11.3. The van der Waals surface area contributed by atoms with Crippen LogP contribution in [0.25, 0.3) is 22.9 Å². The number of aryl methyl sites for hydroxylation is 1. The van der Waals surface area contributed by atoms with Crippen molar-refractivity contribution in [1.29, 1.82) is 0 Å². The van der Waals surface area contributed by atoms with Gasteiger partial charge in [0, 0.05) is 36.2 Å². The Bertz CT molecular complexity index is 1300. The molecule has 0 aliphatic rings. The zero-order chi connectivity index (χ0) is 20.7. The van der Waals surface area contributed by atoms with Crippen LogP contribution in [0.3, 0.4) is 0 Å². The predicted molar refractivity (Wildman–Crippen MR) is 117 cm³/mol. The molecular formula is C20H18BrN9. The molecule has 1 N–H and O–H groups in total. The van der Waals surface area contributed by atoms with Gasteiger partial charge >= 0.3 is 0 Å². The molecule has 0 spiro atoms. The Morgan fingerprint density at radius 2 is 1.93 bits per heavy atom. The molecule has 0 bridgehead atoms. The van der Waals surface area contributed by atoms with E-state index in [0.29, 0.717) is 5.82 Å². The van der Waals surface area contributed by atoms with Crippen LogP contribution in [0, 0.1) is 0 Å². The number of aromatic nitrogens is 8. The van der Waals surface area contributed by atoms with E-state index in [1.807, 2.05) is 34.3 Å². The number of hydrogen-bond acceptors (Lipinski definition) is 6. The molecule has 0 fully saturated rings. The molecule has 0 aliphatic heterocycles. The zero-order valence-electron chi connectivity index (χ0n) is 16.4. The highest BCUT2D eigenvalue weighted by Crippen LogP contribution is 2.30. The van der Waals surface area contributed by atoms with Gasteiger partial charge in [-0.15, -0.1) is 5.10 Å². The highest BCUT2D eigenvalue weighted by molar-refractivity contribution is 9.10. The van der Waals surface area contributed by atoms with Crippen molar-refractivity contribution in [2.24, 2.45) is 0 Å². The molecule has 30 heavy (non-hydrogen) atoms. The molecule has 0 saturated carbocycles. The van der Waals surface area contributed by atoms with Crippen LogP contribution in [0.2, 0.25) is 0 Å². The van der Waals surface area contributed by atoms with Gasteiger partial charge in [0.15, 0.2) is 11.5 Å². The van der Waals surface area contributed by atoms with Gasteiger partial charge < -0.3 is 9.47 Å². The van der Waals surface area contributed by atoms with Crippen LogP contribution in [-0.4, -0.2) is 46.8 Å². The number of benzene rings is 1. The molecule has 4 heterocycles. The van der Waals surface area contributed by atoms with Crippen molar-refractivity contribution in [3.05, 3.63) is 65.0 Å². The lowest BCUT2D eigenvalue weighted by molar-refractivity contribution is 0.881. The first kappa shape index (κ1) is 18.5. The van der Waals surface area contributed by atoms with Crippen LogP contribution >= 0.6 is 15.9 Å². The molecule has 0 atom stereocenters. The Kier molecular flexibility index (Phi) is 4.55. The van der Waals surface area contributed by atoms with E-state index in [-0.39, 0.29) is 0 Å². The first-order valence-electron chi connectivity index (χ1n) is 9.45. The average molecular weight is 464 g/mol. The number of rotatable bonds is 5. The second-order valence-electron chi connectivity index (χ2n) is 6.76. The minimum absolute atomic E-state index is 0.604.